The maximum absolute atomic E-state index is 11.2. The van der Waals surface area contributed by atoms with Crippen LogP contribution >= 0.6 is 23.4 Å². The fourth-order valence-corrected chi connectivity index (χ4v) is 2.53. The summed E-state index contributed by atoms with van der Waals surface area (Å²) in [4.78, 5) is 0. The van der Waals surface area contributed by atoms with Crippen molar-refractivity contribution < 1.29 is 8.42 Å². The van der Waals surface area contributed by atoms with Crippen LogP contribution in [0.25, 0.3) is 0 Å². The van der Waals surface area contributed by atoms with Gasteiger partial charge in [0.05, 0.1) is 16.8 Å². The molecule has 100 valence electrons. The maximum Gasteiger partial charge on any atom is 0.211 e. The van der Waals surface area contributed by atoms with Gasteiger partial charge in [-0.3, -0.25) is 0 Å². The molecule has 0 radical (unpaired) electrons. The quantitative estimate of drug-likeness (QED) is 0.844. The Morgan fingerprint density at radius 2 is 2.06 bits per heavy atom. The Hall–Kier alpha value is -0.690. The molecule has 4 nitrogen and oxygen atoms in total. The second kappa shape index (κ2) is 6.47. The molecule has 0 saturated carbocycles. The molecule has 0 bridgehead atoms. The van der Waals surface area contributed by atoms with E-state index in [9.17, 15) is 8.42 Å². The van der Waals surface area contributed by atoms with Crippen molar-refractivity contribution in [1.29, 1.82) is 0 Å². The van der Waals surface area contributed by atoms with E-state index in [1.165, 1.54) is 11.8 Å². The highest BCUT2D eigenvalue weighted by Gasteiger charge is 2.18. The standard InChI is InChI=1S/C11H15ClN2O2S2/c1-8(17-2)14-11(7-18(13,15)16)9-3-5-10(12)6-4-9/h3-6,11,14H,1,7H2,2H3,(H2,13,15,16). The van der Waals surface area contributed by atoms with E-state index in [0.717, 1.165) is 5.56 Å². The molecule has 0 aliphatic heterocycles. The number of nitrogens with one attached hydrogen (secondary N) is 1. The van der Waals surface area contributed by atoms with E-state index in [1.807, 2.05) is 6.26 Å². The van der Waals surface area contributed by atoms with Crippen LogP contribution in [0.1, 0.15) is 11.6 Å². The van der Waals surface area contributed by atoms with Crippen molar-refractivity contribution in [3.8, 4) is 0 Å². The molecular weight excluding hydrogens is 292 g/mol. The van der Waals surface area contributed by atoms with Crippen LogP contribution in [0.15, 0.2) is 35.9 Å². The molecule has 7 heteroatoms. The number of sulfonamides is 1. The van der Waals surface area contributed by atoms with E-state index in [-0.39, 0.29) is 5.75 Å². The normalized spacial score (nSPS) is 13.1. The summed E-state index contributed by atoms with van der Waals surface area (Å²) in [5.41, 5.74) is 0.795. The number of halogens is 1. The van der Waals surface area contributed by atoms with Crippen LogP contribution in [-0.2, 0) is 10.0 Å². The lowest BCUT2D eigenvalue weighted by atomic mass is 10.1. The Bertz CT molecular complexity index is 514. The molecule has 0 saturated heterocycles. The summed E-state index contributed by atoms with van der Waals surface area (Å²) in [7, 11) is -3.58. The molecule has 0 aliphatic rings. The van der Waals surface area contributed by atoms with Gasteiger partial charge >= 0.3 is 0 Å². The summed E-state index contributed by atoms with van der Waals surface area (Å²) in [5, 5.41) is 9.39. The molecule has 1 rings (SSSR count). The average molecular weight is 307 g/mol. The molecule has 0 fully saturated rings. The highest BCUT2D eigenvalue weighted by Crippen LogP contribution is 2.20. The van der Waals surface area contributed by atoms with Crippen molar-refractivity contribution in [2.24, 2.45) is 5.14 Å². The minimum Gasteiger partial charge on any atom is -0.372 e. The summed E-state index contributed by atoms with van der Waals surface area (Å²) in [6, 6.07) is 6.50. The topological polar surface area (TPSA) is 72.2 Å². The van der Waals surface area contributed by atoms with Crippen LogP contribution in [0.5, 0.6) is 0 Å². The van der Waals surface area contributed by atoms with Crippen LogP contribution in [0.3, 0.4) is 0 Å². The number of hydrogen-bond acceptors (Lipinski definition) is 4. The van der Waals surface area contributed by atoms with Gasteiger partial charge in [0, 0.05) is 5.02 Å². The predicted molar refractivity (Wildman–Crippen MR) is 78.0 cm³/mol. The molecule has 1 atom stereocenters. The summed E-state index contributed by atoms with van der Waals surface area (Å²) in [6.45, 7) is 3.78. The zero-order valence-corrected chi connectivity index (χ0v) is 12.3. The Morgan fingerprint density at radius 3 is 2.50 bits per heavy atom. The largest absolute Gasteiger partial charge is 0.372 e. The van der Waals surface area contributed by atoms with E-state index >= 15 is 0 Å². The van der Waals surface area contributed by atoms with Gasteiger partial charge in [-0.1, -0.05) is 30.3 Å². The van der Waals surface area contributed by atoms with Gasteiger partial charge in [0.15, 0.2) is 0 Å². The zero-order chi connectivity index (χ0) is 13.8. The van der Waals surface area contributed by atoms with Crippen LogP contribution in [0.4, 0.5) is 0 Å². The van der Waals surface area contributed by atoms with Crippen LogP contribution in [0.2, 0.25) is 5.02 Å². The number of thioether (sulfide) groups is 1. The molecule has 18 heavy (non-hydrogen) atoms. The Kier molecular flexibility index (Phi) is 5.52. The second-order valence-corrected chi connectivity index (χ2v) is 6.70. The SMILES string of the molecule is C=C(NC(CS(N)(=O)=O)c1ccc(Cl)cc1)SC. The number of rotatable bonds is 6. The molecule has 1 aromatic rings. The van der Waals surface area contributed by atoms with Gasteiger partial charge in [-0.25, -0.2) is 13.6 Å². The summed E-state index contributed by atoms with van der Waals surface area (Å²) in [6.07, 6.45) is 1.85. The highest BCUT2D eigenvalue weighted by molar-refractivity contribution is 8.02. The average Bonchev–Trinajstić information content (AvgIpc) is 2.27. The fourth-order valence-electron chi connectivity index (χ4n) is 1.40. The zero-order valence-electron chi connectivity index (χ0n) is 9.89. The van der Waals surface area contributed by atoms with E-state index < -0.39 is 16.1 Å². The Balaban J connectivity index is 2.96. The van der Waals surface area contributed by atoms with Crippen LogP contribution in [-0.4, -0.2) is 20.4 Å². The first-order chi connectivity index (χ1) is 8.31. The molecule has 0 spiro atoms. The predicted octanol–water partition coefficient (Wildman–Crippen LogP) is 2.09. The van der Waals surface area contributed by atoms with E-state index in [0.29, 0.717) is 10.1 Å². The molecule has 1 aromatic carbocycles. The summed E-state index contributed by atoms with van der Waals surface area (Å²) in [5.74, 6) is -0.200. The molecule has 0 amide bonds. The maximum atomic E-state index is 11.2. The minimum absolute atomic E-state index is 0.200. The minimum atomic E-state index is -3.58. The van der Waals surface area contributed by atoms with Crippen molar-refractivity contribution in [3.63, 3.8) is 0 Å². The molecule has 0 aromatic heterocycles. The van der Waals surface area contributed by atoms with Crippen molar-refractivity contribution in [2.75, 3.05) is 12.0 Å². The van der Waals surface area contributed by atoms with Gasteiger partial charge in [-0.15, -0.1) is 11.8 Å². The first-order valence-electron chi connectivity index (χ1n) is 5.07. The lowest BCUT2D eigenvalue weighted by molar-refractivity contribution is 0.580. The fraction of sp³-hybridized carbons (Fsp3) is 0.273. The monoisotopic (exact) mass is 306 g/mol. The van der Waals surface area contributed by atoms with E-state index in [2.05, 4.69) is 11.9 Å². The lowest BCUT2D eigenvalue weighted by Gasteiger charge is -2.20. The number of primary sulfonamides is 1. The molecule has 3 N–H and O–H groups in total. The molecular formula is C11H15ClN2O2S2. The van der Waals surface area contributed by atoms with Gasteiger partial charge in [0.1, 0.15) is 0 Å². The Morgan fingerprint density at radius 1 is 1.50 bits per heavy atom. The first kappa shape index (κ1) is 15.4. The van der Waals surface area contributed by atoms with Gasteiger partial charge in [-0.2, -0.15) is 0 Å². The molecule has 1 unspecified atom stereocenters. The van der Waals surface area contributed by atoms with Crippen molar-refractivity contribution in [1.82, 2.24) is 5.32 Å². The van der Waals surface area contributed by atoms with Gasteiger partial charge in [0.2, 0.25) is 10.0 Å². The van der Waals surface area contributed by atoms with Crippen molar-refractivity contribution >= 4 is 33.4 Å². The summed E-state index contributed by atoms with van der Waals surface area (Å²) < 4.78 is 22.5. The smallest absolute Gasteiger partial charge is 0.211 e. The number of hydrogen-bond donors (Lipinski definition) is 2. The van der Waals surface area contributed by atoms with Gasteiger partial charge in [-0.05, 0) is 24.0 Å². The van der Waals surface area contributed by atoms with E-state index in [4.69, 9.17) is 16.7 Å². The lowest BCUT2D eigenvalue weighted by Crippen LogP contribution is -2.30. The Labute approximate surface area is 117 Å². The summed E-state index contributed by atoms with van der Waals surface area (Å²) >= 11 is 7.21. The van der Waals surface area contributed by atoms with Gasteiger partial charge < -0.3 is 5.32 Å². The van der Waals surface area contributed by atoms with Crippen molar-refractivity contribution in [2.45, 2.75) is 6.04 Å². The van der Waals surface area contributed by atoms with Crippen molar-refractivity contribution in [3.05, 3.63) is 46.5 Å². The highest BCUT2D eigenvalue weighted by atomic mass is 35.5. The van der Waals surface area contributed by atoms with Crippen LogP contribution < -0.4 is 10.5 Å². The number of nitrogens with two attached hydrogens (primary N) is 1. The third kappa shape index (κ3) is 5.30. The second-order valence-electron chi connectivity index (χ2n) is 3.71. The molecule has 0 aliphatic carbocycles. The third-order valence-corrected chi connectivity index (χ3v) is 3.91. The van der Waals surface area contributed by atoms with E-state index in [1.54, 1.807) is 24.3 Å². The number of benzene rings is 1. The third-order valence-electron chi connectivity index (χ3n) is 2.25. The van der Waals surface area contributed by atoms with Gasteiger partial charge in [0.25, 0.3) is 0 Å². The molecule has 0 heterocycles. The van der Waals surface area contributed by atoms with Crippen LogP contribution in [0, 0.1) is 0 Å². The first-order valence-corrected chi connectivity index (χ1v) is 8.39.